The standard InChI is InChI=1S/C13H22N4O2S/c18-7-9-20-13-15-14-12(16-5-1-2-6-16)17(13)10-11-4-3-8-19-11/h11,18H,1-10H2/t11-/m1/s1. The minimum absolute atomic E-state index is 0.163. The van der Waals surface area contributed by atoms with E-state index < -0.39 is 0 Å². The van der Waals surface area contributed by atoms with Gasteiger partial charge in [-0.1, -0.05) is 11.8 Å². The molecule has 0 amide bonds. The molecule has 2 fully saturated rings. The van der Waals surface area contributed by atoms with E-state index in [0.717, 1.165) is 50.2 Å². The maximum Gasteiger partial charge on any atom is 0.228 e. The van der Waals surface area contributed by atoms with Crippen molar-refractivity contribution in [3.05, 3.63) is 0 Å². The Hall–Kier alpha value is -0.790. The summed E-state index contributed by atoms with van der Waals surface area (Å²) in [5.41, 5.74) is 0. The van der Waals surface area contributed by atoms with Gasteiger partial charge in [0.2, 0.25) is 5.95 Å². The van der Waals surface area contributed by atoms with Crippen LogP contribution in [0.1, 0.15) is 25.7 Å². The third kappa shape index (κ3) is 3.10. The van der Waals surface area contributed by atoms with Gasteiger partial charge in [0.25, 0.3) is 0 Å². The molecule has 2 aliphatic heterocycles. The summed E-state index contributed by atoms with van der Waals surface area (Å²) in [4.78, 5) is 2.31. The largest absolute Gasteiger partial charge is 0.396 e. The lowest BCUT2D eigenvalue weighted by Crippen LogP contribution is -2.25. The molecule has 7 heteroatoms. The highest BCUT2D eigenvalue weighted by atomic mass is 32.2. The van der Waals surface area contributed by atoms with Crippen molar-refractivity contribution in [3.63, 3.8) is 0 Å². The third-order valence-electron chi connectivity index (χ3n) is 3.82. The fraction of sp³-hybridized carbons (Fsp3) is 0.846. The van der Waals surface area contributed by atoms with E-state index in [1.807, 2.05) is 0 Å². The molecule has 1 aromatic heterocycles. The molecule has 112 valence electrons. The van der Waals surface area contributed by atoms with Crippen molar-refractivity contribution in [3.8, 4) is 0 Å². The Labute approximate surface area is 123 Å². The van der Waals surface area contributed by atoms with E-state index in [0.29, 0.717) is 5.75 Å². The molecule has 2 saturated heterocycles. The first-order valence-corrected chi connectivity index (χ1v) is 8.40. The lowest BCUT2D eigenvalue weighted by Gasteiger charge is -2.20. The van der Waals surface area contributed by atoms with Crippen LogP contribution in [0.15, 0.2) is 5.16 Å². The number of thioether (sulfide) groups is 1. The van der Waals surface area contributed by atoms with Crippen LogP contribution in [-0.4, -0.2) is 58.0 Å². The Balaban J connectivity index is 1.78. The minimum atomic E-state index is 0.163. The molecular weight excluding hydrogens is 276 g/mol. The first kappa shape index (κ1) is 14.2. The van der Waals surface area contributed by atoms with E-state index >= 15 is 0 Å². The second kappa shape index (κ2) is 6.78. The van der Waals surface area contributed by atoms with Crippen molar-refractivity contribution in [2.45, 2.75) is 43.5 Å². The van der Waals surface area contributed by atoms with Crippen molar-refractivity contribution in [1.29, 1.82) is 0 Å². The van der Waals surface area contributed by atoms with E-state index in [4.69, 9.17) is 9.84 Å². The molecule has 0 spiro atoms. The summed E-state index contributed by atoms with van der Waals surface area (Å²) in [5.74, 6) is 1.63. The lowest BCUT2D eigenvalue weighted by molar-refractivity contribution is 0.0952. The Bertz CT molecular complexity index is 428. The average molecular weight is 298 g/mol. The lowest BCUT2D eigenvalue weighted by atomic mass is 10.2. The van der Waals surface area contributed by atoms with E-state index in [9.17, 15) is 0 Å². The van der Waals surface area contributed by atoms with Crippen LogP contribution in [0.3, 0.4) is 0 Å². The Morgan fingerprint density at radius 3 is 2.80 bits per heavy atom. The number of rotatable bonds is 6. The highest BCUT2D eigenvalue weighted by molar-refractivity contribution is 7.99. The van der Waals surface area contributed by atoms with Crippen LogP contribution in [0.2, 0.25) is 0 Å². The van der Waals surface area contributed by atoms with Gasteiger partial charge in [-0.2, -0.15) is 0 Å². The van der Waals surface area contributed by atoms with E-state index in [-0.39, 0.29) is 12.7 Å². The molecule has 1 N–H and O–H groups in total. The zero-order valence-electron chi connectivity index (χ0n) is 11.7. The number of ether oxygens (including phenoxy) is 1. The zero-order valence-corrected chi connectivity index (χ0v) is 12.5. The second-order valence-electron chi connectivity index (χ2n) is 5.29. The Kier molecular flexibility index (Phi) is 4.80. The van der Waals surface area contributed by atoms with Crippen LogP contribution in [-0.2, 0) is 11.3 Å². The summed E-state index contributed by atoms with van der Waals surface area (Å²) in [7, 11) is 0. The molecule has 0 radical (unpaired) electrons. The number of aliphatic hydroxyl groups excluding tert-OH is 1. The van der Waals surface area contributed by atoms with Crippen molar-refractivity contribution in [2.75, 3.05) is 37.0 Å². The molecular formula is C13H22N4O2S. The van der Waals surface area contributed by atoms with E-state index in [1.54, 1.807) is 11.8 Å². The van der Waals surface area contributed by atoms with Crippen LogP contribution >= 0.6 is 11.8 Å². The highest BCUT2D eigenvalue weighted by Gasteiger charge is 2.24. The molecule has 3 heterocycles. The number of aromatic nitrogens is 3. The topological polar surface area (TPSA) is 63.4 Å². The molecule has 0 aliphatic carbocycles. The van der Waals surface area contributed by atoms with Crippen LogP contribution in [0, 0.1) is 0 Å². The van der Waals surface area contributed by atoms with Crippen LogP contribution in [0.4, 0.5) is 5.95 Å². The number of hydrogen-bond acceptors (Lipinski definition) is 6. The number of hydrogen-bond donors (Lipinski definition) is 1. The number of nitrogens with zero attached hydrogens (tertiary/aromatic N) is 4. The summed E-state index contributed by atoms with van der Waals surface area (Å²) < 4.78 is 7.93. The van der Waals surface area contributed by atoms with Gasteiger partial charge >= 0.3 is 0 Å². The van der Waals surface area contributed by atoms with Crippen molar-refractivity contribution in [2.24, 2.45) is 0 Å². The summed E-state index contributed by atoms with van der Waals surface area (Å²) >= 11 is 1.57. The predicted octanol–water partition coefficient (Wildman–Crippen LogP) is 1.14. The average Bonchev–Trinajstić information content (AvgIpc) is 3.19. The first-order chi connectivity index (χ1) is 9.88. The van der Waals surface area contributed by atoms with Gasteiger partial charge < -0.3 is 14.7 Å². The summed E-state index contributed by atoms with van der Waals surface area (Å²) in [6.07, 6.45) is 4.99. The first-order valence-electron chi connectivity index (χ1n) is 7.42. The number of aliphatic hydroxyl groups is 1. The van der Waals surface area contributed by atoms with Gasteiger partial charge in [0.15, 0.2) is 5.16 Å². The normalized spacial score (nSPS) is 22.9. The van der Waals surface area contributed by atoms with Gasteiger partial charge in [-0.3, -0.25) is 4.57 Å². The predicted molar refractivity (Wildman–Crippen MR) is 78.3 cm³/mol. The molecule has 2 aliphatic rings. The molecule has 1 atom stereocenters. The number of anilines is 1. The van der Waals surface area contributed by atoms with Crippen LogP contribution in [0.5, 0.6) is 0 Å². The summed E-state index contributed by atoms with van der Waals surface area (Å²) in [6, 6.07) is 0. The van der Waals surface area contributed by atoms with Gasteiger partial charge in [-0.15, -0.1) is 10.2 Å². The van der Waals surface area contributed by atoms with Crippen LogP contribution < -0.4 is 4.90 Å². The maximum absolute atomic E-state index is 9.01. The summed E-state index contributed by atoms with van der Waals surface area (Å²) in [5, 5.41) is 18.6. The molecule has 6 nitrogen and oxygen atoms in total. The maximum atomic E-state index is 9.01. The third-order valence-corrected chi connectivity index (χ3v) is 4.77. The Morgan fingerprint density at radius 1 is 1.25 bits per heavy atom. The van der Waals surface area contributed by atoms with Crippen LogP contribution in [0.25, 0.3) is 0 Å². The fourth-order valence-electron chi connectivity index (χ4n) is 2.83. The van der Waals surface area contributed by atoms with Crippen molar-refractivity contribution < 1.29 is 9.84 Å². The molecule has 20 heavy (non-hydrogen) atoms. The van der Waals surface area contributed by atoms with Gasteiger partial charge in [0.1, 0.15) is 0 Å². The van der Waals surface area contributed by atoms with Gasteiger partial charge in [0, 0.05) is 25.4 Å². The molecule has 3 rings (SSSR count). The van der Waals surface area contributed by atoms with Gasteiger partial charge in [-0.05, 0) is 25.7 Å². The highest BCUT2D eigenvalue weighted by Crippen LogP contribution is 2.26. The second-order valence-corrected chi connectivity index (χ2v) is 6.36. The molecule has 1 aromatic rings. The SMILES string of the molecule is OCCSc1nnc(N2CCCC2)n1C[C@H]1CCCO1. The Morgan fingerprint density at radius 2 is 2.10 bits per heavy atom. The molecule has 0 aromatic carbocycles. The van der Waals surface area contributed by atoms with E-state index in [1.165, 1.54) is 12.8 Å². The molecule has 0 unspecified atom stereocenters. The minimum Gasteiger partial charge on any atom is -0.396 e. The fourth-order valence-corrected chi connectivity index (χ4v) is 3.51. The smallest absolute Gasteiger partial charge is 0.228 e. The quantitative estimate of drug-likeness (QED) is 0.795. The molecule has 0 bridgehead atoms. The zero-order chi connectivity index (χ0) is 13.8. The van der Waals surface area contributed by atoms with Gasteiger partial charge in [0.05, 0.1) is 19.3 Å². The molecule has 0 saturated carbocycles. The van der Waals surface area contributed by atoms with Crippen molar-refractivity contribution in [1.82, 2.24) is 14.8 Å². The van der Waals surface area contributed by atoms with Crippen molar-refractivity contribution >= 4 is 17.7 Å². The van der Waals surface area contributed by atoms with Gasteiger partial charge in [-0.25, -0.2) is 0 Å². The van der Waals surface area contributed by atoms with E-state index in [2.05, 4.69) is 19.7 Å². The summed E-state index contributed by atoms with van der Waals surface area (Å²) in [6.45, 7) is 3.98. The monoisotopic (exact) mass is 298 g/mol.